The highest BCUT2D eigenvalue weighted by molar-refractivity contribution is 5.78. The van der Waals surface area contributed by atoms with Crippen molar-refractivity contribution in [3.8, 4) is 22.9 Å². The molecular weight excluding hydrogens is 495 g/mol. The van der Waals surface area contributed by atoms with E-state index in [-0.39, 0.29) is 13.0 Å². The molecule has 1 saturated carbocycles. The van der Waals surface area contributed by atoms with E-state index in [2.05, 4.69) is 20.2 Å². The van der Waals surface area contributed by atoms with E-state index in [1.165, 1.54) is 25.7 Å². The molecule has 8 nitrogen and oxygen atoms in total. The highest BCUT2D eigenvalue weighted by Crippen LogP contribution is 2.54. The van der Waals surface area contributed by atoms with Crippen LogP contribution in [0, 0.1) is 11.3 Å². The molecule has 3 aliphatic rings. The van der Waals surface area contributed by atoms with Crippen LogP contribution in [0.3, 0.4) is 0 Å². The van der Waals surface area contributed by atoms with Crippen LogP contribution in [0.2, 0.25) is 0 Å². The predicted molar refractivity (Wildman–Crippen MR) is 138 cm³/mol. The van der Waals surface area contributed by atoms with Gasteiger partial charge in [-0.05, 0) is 73.9 Å². The van der Waals surface area contributed by atoms with E-state index in [4.69, 9.17) is 10.2 Å². The number of nitrogens with two attached hydrogens (primary N) is 1. The summed E-state index contributed by atoms with van der Waals surface area (Å²) in [5.74, 6) is -0.102. The van der Waals surface area contributed by atoms with Crippen molar-refractivity contribution in [1.29, 1.82) is 0 Å². The summed E-state index contributed by atoms with van der Waals surface area (Å²) in [5, 5.41) is 13.0. The second-order valence-electron chi connectivity index (χ2n) is 10.9. The topological polar surface area (TPSA) is 88.7 Å². The number of aromatic nitrogens is 4. The van der Waals surface area contributed by atoms with Gasteiger partial charge >= 0.3 is 6.18 Å². The van der Waals surface area contributed by atoms with Crippen molar-refractivity contribution in [3.63, 3.8) is 0 Å². The van der Waals surface area contributed by atoms with Gasteiger partial charge < -0.3 is 20.0 Å². The zero-order chi connectivity index (χ0) is 26.1. The molecule has 1 aromatic carbocycles. The Bertz CT molecular complexity index is 1500. The van der Waals surface area contributed by atoms with Crippen molar-refractivity contribution in [3.05, 3.63) is 42.6 Å². The van der Waals surface area contributed by atoms with Crippen LogP contribution in [-0.4, -0.2) is 52.2 Å². The first kappa shape index (κ1) is 23.4. The maximum atomic E-state index is 13.4. The highest BCUT2D eigenvalue weighted by atomic mass is 19.4. The highest BCUT2D eigenvalue weighted by Gasteiger charge is 2.45. The lowest BCUT2D eigenvalue weighted by atomic mass is 9.93. The molecular formula is C27H28F3N7O. The molecule has 7 rings (SSSR count). The van der Waals surface area contributed by atoms with Gasteiger partial charge in [0.1, 0.15) is 5.82 Å². The van der Waals surface area contributed by atoms with Gasteiger partial charge in [0.15, 0.2) is 0 Å². The summed E-state index contributed by atoms with van der Waals surface area (Å²) < 4.78 is 47.9. The molecule has 2 saturated heterocycles. The molecule has 2 N–H and O–H groups in total. The van der Waals surface area contributed by atoms with Gasteiger partial charge in [0.25, 0.3) is 0 Å². The minimum Gasteiger partial charge on any atom is -0.416 e. The van der Waals surface area contributed by atoms with Gasteiger partial charge in [-0.15, -0.1) is 10.2 Å². The largest absolute Gasteiger partial charge is 0.416 e. The summed E-state index contributed by atoms with van der Waals surface area (Å²) in [5.41, 5.74) is 10.6. The van der Waals surface area contributed by atoms with E-state index in [1.807, 2.05) is 30.3 Å². The number of alkyl halides is 3. The summed E-state index contributed by atoms with van der Waals surface area (Å²) in [6.07, 6.45) is 2.47. The third-order valence-electron chi connectivity index (χ3n) is 8.50. The molecule has 4 aromatic rings. The van der Waals surface area contributed by atoms with Crippen molar-refractivity contribution in [2.75, 3.05) is 41.7 Å². The number of benzene rings is 1. The lowest BCUT2D eigenvalue weighted by Gasteiger charge is -2.34. The fourth-order valence-corrected chi connectivity index (χ4v) is 5.94. The van der Waals surface area contributed by atoms with E-state index in [9.17, 15) is 13.2 Å². The van der Waals surface area contributed by atoms with Gasteiger partial charge in [0.05, 0.1) is 28.9 Å². The first-order valence-corrected chi connectivity index (χ1v) is 13.1. The van der Waals surface area contributed by atoms with Crippen LogP contribution in [0.15, 0.2) is 47.0 Å². The van der Waals surface area contributed by atoms with Gasteiger partial charge in [0, 0.05) is 37.4 Å². The molecule has 0 radical (unpaired) electrons. The molecule has 0 amide bonds. The van der Waals surface area contributed by atoms with Gasteiger partial charge in [0.2, 0.25) is 11.8 Å². The summed E-state index contributed by atoms with van der Waals surface area (Å²) >= 11 is 0. The number of hydrogen-bond donors (Lipinski definition) is 1. The fourth-order valence-electron chi connectivity index (χ4n) is 5.94. The standard InChI is InChI=1S/C27H28F3N7O/c28-27(29,30)18-4-10-36(16-18)23-14-17(13-20-3-9-32-37(20)23)24-33-34-25(38-24)21-2-1-19(31)15-22(21)35-11-7-26(5-6-26)8-12-35/h1-3,9,13-15,18H,4-8,10-12,16,31H2. The molecule has 1 aliphatic carbocycles. The van der Waals surface area contributed by atoms with E-state index >= 15 is 0 Å². The maximum absolute atomic E-state index is 13.4. The second kappa shape index (κ2) is 8.37. The van der Waals surface area contributed by atoms with Crippen molar-refractivity contribution >= 4 is 22.7 Å². The summed E-state index contributed by atoms with van der Waals surface area (Å²) in [4.78, 5) is 4.07. The molecule has 0 bridgehead atoms. The Morgan fingerprint density at radius 3 is 2.45 bits per heavy atom. The molecule has 11 heteroatoms. The summed E-state index contributed by atoms with van der Waals surface area (Å²) in [6, 6.07) is 11.1. The number of piperidine rings is 1. The Kier molecular flexibility index (Phi) is 5.15. The summed E-state index contributed by atoms with van der Waals surface area (Å²) in [6.45, 7) is 2.12. The van der Waals surface area contributed by atoms with Gasteiger partial charge in [-0.1, -0.05) is 0 Å². The fraction of sp³-hybridized carbons (Fsp3) is 0.444. The smallest absolute Gasteiger partial charge is 0.393 e. The molecule has 198 valence electrons. The maximum Gasteiger partial charge on any atom is 0.393 e. The molecule has 1 spiro atoms. The number of hydrogen-bond acceptors (Lipinski definition) is 7. The third-order valence-corrected chi connectivity index (χ3v) is 8.50. The zero-order valence-electron chi connectivity index (χ0n) is 20.8. The molecule has 5 heterocycles. The van der Waals surface area contributed by atoms with Crippen molar-refractivity contribution in [1.82, 2.24) is 19.8 Å². The molecule has 1 atom stereocenters. The lowest BCUT2D eigenvalue weighted by molar-refractivity contribution is -0.168. The zero-order valence-corrected chi connectivity index (χ0v) is 20.8. The van der Waals surface area contributed by atoms with Crippen LogP contribution >= 0.6 is 0 Å². The molecule has 3 fully saturated rings. The van der Waals surface area contributed by atoms with Crippen LogP contribution in [0.5, 0.6) is 0 Å². The number of anilines is 3. The van der Waals surface area contributed by atoms with Gasteiger partial charge in [-0.3, -0.25) is 0 Å². The number of rotatable bonds is 4. The minimum atomic E-state index is -4.22. The number of pyridine rings is 1. The lowest BCUT2D eigenvalue weighted by Crippen LogP contribution is -2.34. The second-order valence-corrected chi connectivity index (χ2v) is 10.9. The minimum absolute atomic E-state index is 0.0543. The van der Waals surface area contributed by atoms with Gasteiger partial charge in [-0.25, -0.2) is 4.52 Å². The molecule has 1 unspecified atom stereocenters. The molecule has 38 heavy (non-hydrogen) atoms. The first-order valence-electron chi connectivity index (χ1n) is 13.1. The Hall–Kier alpha value is -3.76. The third kappa shape index (κ3) is 4.04. The average Bonchev–Trinajstić information content (AvgIpc) is 3.36. The quantitative estimate of drug-likeness (QED) is 0.358. The van der Waals surface area contributed by atoms with E-state index in [1.54, 1.807) is 21.7 Å². The van der Waals surface area contributed by atoms with Crippen molar-refractivity contribution < 1.29 is 17.6 Å². The van der Waals surface area contributed by atoms with Crippen LogP contribution in [0.25, 0.3) is 28.4 Å². The van der Waals surface area contributed by atoms with Crippen LogP contribution in [-0.2, 0) is 0 Å². The van der Waals surface area contributed by atoms with E-state index < -0.39 is 12.1 Å². The first-order chi connectivity index (χ1) is 18.3. The summed E-state index contributed by atoms with van der Waals surface area (Å²) in [7, 11) is 0. The Morgan fingerprint density at radius 2 is 1.71 bits per heavy atom. The van der Waals surface area contributed by atoms with E-state index in [0.717, 1.165) is 29.9 Å². The molecule has 3 aromatic heterocycles. The SMILES string of the molecule is Nc1ccc(-c2nnc(-c3cc(N4CCC(C(F)(F)F)C4)n4nccc4c3)o2)c(N2CCC3(CC2)CC3)c1. The number of nitrogen functional groups attached to an aromatic ring is 1. The Labute approximate surface area is 217 Å². The average molecular weight is 524 g/mol. The van der Waals surface area contributed by atoms with Crippen LogP contribution in [0.1, 0.15) is 32.1 Å². The van der Waals surface area contributed by atoms with Crippen LogP contribution in [0.4, 0.5) is 30.4 Å². The van der Waals surface area contributed by atoms with Crippen LogP contribution < -0.4 is 15.5 Å². The number of halogens is 3. The number of nitrogens with zero attached hydrogens (tertiary/aromatic N) is 6. The molecule has 2 aliphatic heterocycles. The Morgan fingerprint density at radius 1 is 0.921 bits per heavy atom. The predicted octanol–water partition coefficient (Wildman–Crippen LogP) is 5.40. The number of fused-ring (bicyclic) bond motifs is 1. The van der Waals surface area contributed by atoms with Gasteiger partial charge in [-0.2, -0.15) is 18.3 Å². The van der Waals surface area contributed by atoms with Crippen molar-refractivity contribution in [2.45, 2.75) is 38.3 Å². The normalized spacial score (nSPS) is 21.1. The van der Waals surface area contributed by atoms with E-state index in [0.29, 0.717) is 40.8 Å². The van der Waals surface area contributed by atoms with Crippen molar-refractivity contribution in [2.24, 2.45) is 11.3 Å². The monoisotopic (exact) mass is 523 g/mol. The Balaban J connectivity index is 1.22.